The maximum absolute atomic E-state index is 5.24. The summed E-state index contributed by atoms with van der Waals surface area (Å²) in [4.78, 5) is 0. The minimum atomic E-state index is 0.684. The molecule has 0 saturated heterocycles. The van der Waals surface area contributed by atoms with Gasteiger partial charge in [-0.15, -0.1) is 0 Å². The van der Waals surface area contributed by atoms with E-state index in [0.29, 0.717) is 6.04 Å². The van der Waals surface area contributed by atoms with Crippen LogP contribution in [0.2, 0.25) is 0 Å². The first-order chi connectivity index (χ1) is 8.72. The van der Waals surface area contributed by atoms with E-state index in [0.717, 1.165) is 22.0 Å². The molecular formula is C14H20BrNOS. The van der Waals surface area contributed by atoms with Crippen molar-refractivity contribution < 1.29 is 4.74 Å². The van der Waals surface area contributed by atoms with Crippen molar-refractivity contribution in [2.75, 3.05) is 13.4 Å². The number of ether oxygens (including phenoxy) is 1. The molecule has 1 N–H and O–H groups in total. The normalized spacial score (nSPS) is 23.3. The quantitative estimate of drug-likeness (QED) is 0.886. The first kappa shape index (κ1) is 14.2. The van der Waals surface area contributed by atoms with Gasteiger partial charge >= 0.3 is 0 Å². The summed E-state index contributed by atoms with van der Waals surface area (Å²) in [5.41, 5.74) is 1.30. The van der Waals surface area contributed by atoms with E-state index in [-0.39, 0.29) is 0 Å². The summed E-state index contributed by atoms with van der Waals surface area (Å²) < 4.78 is 6.26. The molecule has 2 unspecified atom stereocenters. The van der Waals surface area contributed by atoms with Crippen LogP contribution in [0.3, 0.4) is 0 Å². The summed E-state index contributed by atoms with van der Waals surface area (Å²) in [6.45, 7) is 0.939. The zero-order valence-corrected chi connectivity index (χ0v) is 13.3. The van der Waals surface area contributed by atoms with Gasteiger partial charge in [-0.05, 0) is 59.1 Å². The molecule has 0 aromatic heterocycles. The van der Waals surface area contributed by atoms with Crippen LogP contribution in [0.1, 0.15) is 24.8 Å². The van der Waals surface area contributed by atoms with Crippen molar-refractivity contribution in [3.8, 4) is 5.75 Å². The van der Waals surface area contributed by atoms with E-state index in [1.807, 2.05) is 17.8 Å². The molecule has 1 aromatic rings. The van der Waals surface area contributed by atoms with Crippen LogP contribution in [0.4, 0.5) is 0 Å². The molecule has 1 aliphatic carbocycles. The Morgan fingerprint density at radius 2 is 2.28 bits per heavy atom. The second-order valence-electron chi connectivity index (χ2n) is 4.72. The molecule has 18 heavy (non-hydrogen) atoms. The molecule has 0 bridgehead atoms. The maximum atomic E-state index is 5.24. The fourth-order valence-electron chi connectivity index (χ4n) is 2.42. The van der Waals surface area contributed by atoms with Gasteiger partial charge in [0.05, 0.1) is 11.6 Å². The molecule has 1 aromatic carbocycles. The molecule has 1 aliphatic rings. The molecule has 0 aliphatic heterocycles. The van der Waals surface area contributed by atoms with Gasteiger partial charge in [0.1, 0.15) is 5.75 Å². The van der Waals surface area contributed by atoms with Crippen molar-refractivity contribution in [3.05, 3.63) is 28.2 Å². The van der Waals surface area contributed by atoms with Crippen molar-refractivity contribution >= 4 is 27.7 Å². The summed E-state index contributed by atoms with van der Waals surface area (Å²) in [6.07, 6.45) is 6.18. The summed E-state index contributed by atoms with van der Waals surface area (Å²) in [5, 5.41) is 4.50. The topological polar surface area (TPSA) is 21.3 Å². The summed E-state index contributed by atoms with van der Waals surface area (Å²) >= 11 is 5.53. The highest BCUT2D eigenvalue weighted by atomic mass is 79.9. The molecule has 4 heteroatoms. The predicted octanol–water partition coefficient (Wildman–Crippen LogP) is 3.83. The number of thioether (sulfide) groups is 1. The zero-order valence-electron chi connectivity index (χ0n) is 10.9. The fraction of sp³-hybridized carbons (Fsp3) is 0.571. The Morgan fingerprint density at radius 3 is 2.89 bits per heavy atom. The standard InChI is InChI=1S/C14H20BrNOS/c1-17-14-6-3-10(7-13(14)15)9-16-11-4-5-12(8-11)18-2/h3,6-7,11-12,16H,4-5,8-9H2,1-2H3. The van der Waals surface area contributed by atoms with E-state index in [4.69, 9.17) is 4.74 Å². The van der Waals surface area contributed by atoms with E-state index in [1.54, 1.807) is 7.11 Å². The first-order valence-electron chi connectivity index (χ1n) is 6.31. The largest absolute Gasteiger partial charge is 0.496 e. The second kappa shape index (κ2) is 6.83. The van der Waals surface area contributed by atoms with Crippen molar-refractivity contribution in [1.82, 2.24) is 5.32 Å². The molecule has 0 heterocycles. The highest BCUT2D eigenvalue weighted by molar-refractivity contribution is 9.10. The molecule has 0 amide bonds. The highest BCUT2D eigenvalue weighted by Gasteiger charge is 2.23. The van der Waals surface area contributed by atoms with Crippen molar-refractivity contribution in [1.29, 1.82) is 0 Å². The zero-order chi connectivity index (χ0) is 13.0. The lowest BCUT2D eigenvalue weighted by Gasteiger charge is -2.13. The maximum Gasteiger partial charge on any atom is 0.133 e. The van der Waals surface area contributed by atoms with Gasteiger partial charge in [0.2, 0.25) is 0 Å². The predicted molar refractivity (Wildman–Crippen MR) is 82.5 cm³/mol. The minimum absolute atomic E-state index is 0.684. The van der Waals surface area contributed by atoms with Crippen molar-refractivity contribution in [3.63, 3.8) is 0 Å². The lowest BCUT2D eigenvalue weighted by atomic mass is 10.2. The number of nitrogens with one attached hydrogen (secondary N) is 1. The molecule has 2 rings (SSSR count). The first-order valence-corrected chi connectivity index (χ1v) is 8.39. The average molecular weight is 330 g/mol. The van der Waals surface area contributed by atoms with E-state index < -0.39 is 0 Å². The lowest BCUT2D eigenvalue weighted by molar-refractivity contribution is 0.412. The van der Waals surface area contributed by atoms with Gasteiger partial charge < -0.3 is 10.1 Å². The third-order valence-electron chi connectivity index (χ3n) is 3.53. The van der Waals surface area contributed by atoms with Gasteiger partial charge in [0, 0.05) is 17.8 Å². The molecule has 1 saturated carbocycles. The molecule has 0 radical (unpaired) electrons. The average Bonchev–Trinajstić information content (AvgIpc) is 2.84. The van der Waals surface area contributed by atoms with Crippen LogP contribution in [0.5, 0.6) is 5.75 Å². The third-order valence-corrected chi connectivity index (χ3v) is 5.24. The number of methoxy groups -OCH3 is 1. The fourth-order valence-corrected chi connectivity index (χ4v) is 3.81. The van der Waals surface area contributed by atoms with Gasteiger partial charge in [0.15, 0.2) is 0 Å². The molecule has 100 valence electrons. The Balaban J connectivity index is 1.85. The third kappa shape index (κ3) is 3.65. The Hall–Kier alpha value is -0.190. The van der Waals surface area contributed by atoms with E-state index in [2.05, 4.69) is 39.6 Å². The van der Waals surface area contributed by atoms with Gasteiger partial charge in [-0.1, -0.05) is 6.07 Å². The van der Waals surface area contributed by atoms with Crippen LogP contribution in [-0.2, 0) is 6.54 Å². The highest BCUT2D eigenvalue weighted by Crippen LogP contribution is 2.29. The molecule has 2 nitrogen and oxygen atoms in total. The van der Waals surface area contributed by atoms with E-state index >= 15 is 0 Å². The van der Waals surface area contributed by atoms with E-state index in [1.165, 1.54) is 24.8 Å². The van der Waals surface area contributed by atoms with Crippen LogP contribution in [0, 0.1) is 0 Å². The second-order valence-corrected chi connectivity index (χ2v) is 6.71. The van der Waals surface area contributed by atoms with Crippen molar-refractivity contribution in [2.24, 2.45) is 0 Å². The van der Waals surface area contributed by atoms with Gasteiger partial charge in [-0.2, -0.15) is 11.8 Å². The molecule has 1 fully saturated rings. The Bertz CT molecular complexity index is 399. The summed E-state index contributed by atoms with van der Waals surface area (Å²) in [6, 6.07) is 6.95. The SMILES string of the molecule is COc1ccc(CNC2CCC(SC)C2)cc1Br. The minimum Gasteiger partial charge on any atom is -0.496 e. The van der Waals surface area contributed by atoms with Crippen LogP contribution < -0.4 is 10.1 Å². The van der Waals surface area contributed by atoms with Gasteiger partial charge in [-0.3, -0.25) is 0 Å². The van der Waals surface area contributed by atoms with Crippen LogP contribution in [0.25, 0.3) is 0 Å². The summed E-state index contributed by atoms with van der Waals surface area (Å²) in [7, 11) is 1.69. The number of hydrogen-bond acceptors (Lipinski definition) is 3. The Labute approximate surface area is 122 Å². The molecular weight excluding hydrogens is 310 g/mol. The number of hydrogen-bond donors (Lipinski definition) is 1. The summed E-state index contributed by atoms with van der Waals surface area (Å²) in [5.74, 6) is 0.891. The Morgan fingerprint density at radius 1 is 1.44 bits per heavy atom. The van der Waals surface area contributed by atoms with Crippen LogP contribution in [-0.4, -0.2) is 24.7 Å². The van der Waals surface area contributed by atoms with Crippen LogP contribution >= 0.6 is 27.7 Å². The monoisotopic (exact) mass is 329 g/mol. The van der Waals surface area contributed by atoms with Crippen LogP contribution in [0.15, 0.2) is 22.7 Å². The van der Waals surface area contributed by atoms with E-state index in [9.17, 15) is 0 Å². The number of rotatable bonds is 5. The number of benzene rings is 1. The van der Waals surface area contributed by atoms with Gasteiger partial charge in [0.25, 0.3) is 0 Å². The lowest BCUT2D eigenvalue weighted by Crippen LogP contribution is -2.26. The Kier molecular flexibility index (Phi) is 5.39. The smallest absolute Gasteiger partial charge is 0.133 e. The molecule has 2 atom stereocenters. The molecule has 0 spiro atoms. The van der Waals surface area contributed by atoms with Gasteiger partial charge in [-0.25, -0.2) is 0 Å². The number of halogens is 1. The van der Waals surface area contributed by atoms with Crippen molar-refractivity contribution in [2.45, 2.75) is 37.1 Å².